The van der Waals surface area contributed by atoms with Crippen molar-refractivity contribution >= 4 is 5.91 Å². The van der Waals surface area contributed by atoms with Crippen LogP contribution in [0, 0.1) is 25.2 Å². The number of aromatic nitrogens is 1. The Labute approximate surface area is 152 Å². The highest BCUT2D eigenvalue weighted by atomic mass is 16.5. The van der Waals surface area contributed by atoms with E-state index in [9.17, 15) is 9.59 Å². The van der Waals surface area contributed by atoms with E-state index >= 15 is 0 Å². The maximum Gasteiger partial charge on any atom is 0.266 e. The third-order valence-electron chi connectivity index (χ3n) is 4.51. The third-order valence-corrected chi connectivity index (χ3v) is 4.51. The third kappa shape index (κ3) is 4.12. The minimum atomic E-state index is -0.388. The van der Waals surface area contributed by atoms with Gasteiger partial charge in [-0.15, -0.1) is 0 Å². The Morgan fingerprint density at radius 1 is 1.35 bits per heavy atom. The number of aryl methyl sites for hydroxylation is 1. The number of methoxy groups -OCH3 is 1. The fourth-order valence-electron chi connectivity index (χ4n) is 3.07. The van der Waals surface area contributed by atoms with Crippen LogP contribution in [0.5, 0.6) is 5.75 Å². The molecule has 6 nitrogen and oxygen atoms in total. The van der Waals surface area contributed by atoms with Crippen LogP contribution in [0.4, 0.5) is 0 Å². The monoisotopic (exact) mass is 353 g/mol. The van der Waals surface area contributed by atoms with Crippen LogP contribution in [0.3, 0.4) is 0 Å². The van der Waals surface area contributed by atoms with E-state index in [1.54, 1.807) is 21.0 Å². The minimum Gasteiger partial charge on any atom is -0.496 e. The lowest BCUT2D eigenvalue weighted by Gasteiger charge is -2.17. The smallest absolute Gasteiger partial charge is 0.266 e. The number of carbonyl (C=O) groups excluding carboxylic acids is 1. The van der Waals surface area contributed by atoms with Crippen molar-refractivity contribution in [3.8, 4) is 11.8 Å². The summed E-state index contributed by atoms with van der Waals surface area (Å²) < 4.78 is 5.33. The lowest BCUT2D eigenvalue weighted by molar-refractivity contribution is -0.121. The highest BCUT2D eigenvalue weighted by molar-refractivity contribution is 5.77. The number of aromatic amines is 1. The Hall–Kier alpha value is -3.07. The van der Waals surface area contributed by atoms with E-state index in [1.807, 2.05) is 37.3 Å². The molecule has 2 rings (SSSR count). The molecule has 1 amide bonds. The maximum absolute atomic E-state index is 12.4. The SMILES string of the molecule is COc1ccccc1C(C)NC(=O)CCc1c(C)[nH]c(=O)c(C#N)c1C. The summed E-state index contributed by atoms with van der Waals surface area (Å²) in [5.74, 6) is 0.623. The number of nitrogens with one attached hydrogen (secondary N) is 2. The summed E-state index contributed by atoms with van der Waals surface area (Å²) in [6.07, 6.45) is 0.714. The number of carbonyl (C=O) groups is 1. The predicted molar refractivity (Wildman–Crippen MR) is 99.1 cm³/mol. The van der Waals surface area contributed by atoms with E-state index in [0.29, 0.717) is 17.7 Å². The van der Waals surface area contributed by atoms with Crippen LogP contribution in [0.2, 0.25) is 0 Å². The number of hydrogen-bond donors (Lipinski definition) is 2. The van der Waals surface area contributed by atoms with Crippen molar-refractivity contribution in [1.29, 1.82) is 5.26 Å². The van der Waals surface area contributed by atoms with Crippen molar-refractivity contribution in [1.82, 2.24) is 10.3 Å². The molecule has 0 bridgehead atoms. The van der Waals surface area contributed by atoms with Gasteiger partial charge in [0.05, 0.1) is 13.2 Å². The number of amides is 1. The molecule has 1 heterocycles. The summed E-state index contributed by atoms with van der Waals surface area (Å²) in [6.45, 7) is 5.42. The van der Waals surface area contributed by atoms with E-state index in [4.69, 9.17) is 10.00 Å². The van der Waals surface area contributed by atoms with Gasteiger partial charge in [0.15, 0.2) is 0 Å². The number of H-pyrrole nitrogens is 1. The van der Waals surface area contributed by atoms with Crippen molar-refractivity contribution < 1.29 is 9.53 Å². The van der Waals surface area contributed by atoms with Gasteiger partial charge in [-0.25, -0.2) is 0 Å². The van der Waals surface area contributed by atoms with Crippen molar-refractivity contribution in [2.24, 2.45) is 0 Å². The van der Waals surface area contributed by atoms with Gasteiger partial charge in [0.1, 0.15) is 17.4 Å². The summed E-state index contributed by atoms with van der Waals surface area (Å²) >= 11 is 0. The molecular formula is C20H23N3O3. The molecule has 0 aliphatic rings. The van der Waals surface area contributed by atoms with Gasteiger partial charge >= 0.3 is 0 Å². The van der Waals surface area contributed by atoms with E-state index in [1.165, 1.54) is 0 Å². The van der Waals surface area contributed by atoms with Crippen molar-refractivity contribution in [2.75, 3.05) is 7.11 Å². The Bertz CT molecular complexity index is 909. The molecule has 1 aromatic heterocycles. The van der Waals surface area contributed by atoms with Gasteiger partial charge in [-0.3, -0.25) is 9.59 Å². The number of nitrogens with zero attached hydrogens (tertiary/aromatic N) is 1. The predicted octanol–water partition coefficient (Wildman–Crippen LogP) is 2.68. The van der Waals surface area contributed by atoms with Crippen molar-refractivity contribution in [3.63, 3.8) is 0 Å². The summed E-state index contributed by atoms with van der Waals surface area (Å²) in [7, 11) is 1.60. The molecule has 0 aliphatic carbocycles. The Morgan fingerprint density at radius 2 is 2.04 bits per heavy atom. The Morgan fingerprint density at radius 3 is 2.69 bits per heavy atom. The minimum absolute atomic E-state index is 0.105. The molecule has 2 aromatic rings. The molecule has 136 valence electrons. The first kappa shape index (κ1) is 19.3. The zero-order chi connectivity index (χ0) is 19.3. The molecule has 0 saturated carbocycles. The molecule has 0 radical (unpaired) electrons. The van der Waals surface area contributed by atoms with Crippen LogP contribution in [0.15, 0.2) is 29.1 Å². The molecule has 26 heavy (non-hydrogen) atoms. The molecule has 0 spiro atoms. The summed E-state index contributed by atoms with van der Waals surface area (Å²) in [4.78, 5) is 26.8. The molecule has 0 saturated heterocycles. The second-order valence-electron chi connectivity index (χ2n) is 6.20. The average Bonchev–Trinajstić information content (AvgIpc) is 2.61. The van der Waals surface area contributed by atoms with E-state index < -0.39 is 0 Å². The van der Waals surface area contributed by atoms with Gasteiger partial charge in [0.2, 0.25) is 5.91 Å². The van der Waals surface area contributed by atoms with Gasteiger partial charge in [0.25, 0.3) is 5.56 Å². The largest absolute Gasteiger partial charge is 0.496 e. The number of rotatable bonds is 6. The number of para-hydroxylation sites is 1. The standard InChI is InChI=1S/C20H23N3O3/c1-12-15(13(2)23-20(25)17(12)11-21)9-10-19(24)22-14(3)16-7-5-6-8-18(16)26-4/h5-8,14H,9-10H2,1-4H3,(H,22,24)(H,23,25). The molecule has 1 atom stereocenters. The van der Waals surface area contributed by atoms with Crippen molar-refractivity contribution in [2.45, 2.75) is 39.7 Å². The molecule has 0 aliphatic heterocycles. The van der Waals surface area contributed by atoms with E-state index in [0.717, 1.165) is 16.9 Å². The van der Waals surface area contributed by atoms with Crippen LogP contribution in [0.25, 0.3) is 0 Å². The van der Waals surface area contributed by atoms with Gasteiger partial charge < -0.3 is 15.0 Å². The molecule has 2 N–H and O–H groups in total. The highest BCUT2D eigenvalue weighted by Gasteiger charge is 2.16. The Kier molecular flexibility index (Phi) is 6.18. The fraction of sp³-hybridized carbons (Fsp3) is 0.350. The van der Waals surface area contributed by atoms with Crippen LogP contribution in [0.1, 0.15) is 47.3 Å². The molecule has 6 heteroatoms. The molecule has 1 aromatic carbocycles. The normalized spacial score (nSPS) is 11.5. The lowest BCUT2D eigenvalue weighted by atomic mass is 9.99. The maximum atomic E-state index is 12.4. The highest BCUT2D eigenvalue weighted by Crippen LogP contribution is 2.24. The summed E-state index contributed by atoms with van der Waals surface area (Å²) in [5.41, 5.74) is 2.79. The molecule has 0 fully saturated rings. The number of nitriles is 1. The van der Waals surface area contributed by atoms with Crippen LogP contribution in [-0.4, -0.2) is 18.0 Å². The van der Waals surface area contributed by atoms with Gasteiger partial charge in [-0.05, 0) is 44.4 Å². The fourth-order valence-corrected chi connectivity index (χ4v) is 3.07. The zero-order valence-corrected chi connectivity index (χ0v) is 15.5. The number of pyridine rings is 1. The average molecular weight is 353 g/mol. The van der Waals surface area contributed by atoms with Gasteiger partial charge in [-0.1, -0.05) is 18.2 Å². The zero-order valence-electron chi connectivity index (χ0n) is 15.5. The van der Waals surface area contributed by atoms with E-state index in [2.05, 4.69) is 10.3 Å². The topological polar surface area (TPSA) is 95.0 Å². The molecule has 1 unspecified atom stereocenters. The van der Waals surface area contributed by atoms with Gasteiger partial charge in [-0.2, -0.15) is 5.26 Å². The Balaban J connectivity index is 2.08. The summed E-state index contributed by atoms with van der Waals surface area (Å²) in [6, 6.07) is 9.29. The number of ether oxygens (including phenoxy) is 1. The van der Waals surface area contributed by atoms with Crippen LogP contribution < -0.4 is 15.6 Å². The lowest BCUT2D eigenvalue weighted by Crippen LogP contribution is -2.27. The van der Waals surface area contributed by atoms with Crippen molar-refractivity contribution in [3.05, 3.63) is 62.6 Å². The quantitative estimate of drug-likeness (QED) is 0.835. The second kappa shape index (κ2) is 8.34. The summed E-state index contributed by atoms with van der Waals surface area (Å²) in [5, 5.41) is 12.1. The number of benzene rings is 1. The van der Waals surface area contributed by atoms with Gasteiger partial charge in [0, 0.05) is 17.7 Å². The first-order valence-corrected chi connectivity index (χ1v) is 8.43. The second-order valence-corrected chi connectivity index (χ2v) is 6.20. The van der Waals surface area contributed by atoms with Crippen LogP contribution in [-0.2, 0) is 11.2 Å². The molecular weight excluding hydrogens is 330 g/mol. The van der Waals surface area contributed by atoms with E-state index in [-0.39, 0.29) is 29.5 Å². The van der Waals surface area contributed by atoms with Crippen LogP contribution >= 0.6 is 0 Å². The first-order valence-electron chi connectivity index (χ1n) is 8.43. The first-order chi connectivity index (χ1) is 12.4. The number of hydrogen-bond acceptors (Lipinski definition) is 4.